The number of halogens is 1. The summed E-state index contributed by atoms with van der Waals surface area (Å²) in [4.78, 5) is 4.89. The van der Waals surface area contributed by atoms with E-state index in [0.717, 1.165) is 23.0 Å². The Kier molecular flexibility index (Phi) is 3.48. The highest BCUT2D eigenvalue weighted by molar-refractivity contribution is 9.10. The SMILES string of the molecule is CCCNc1cc(C2CC2)nc2c(C)cc(Br)cc12. The van der Waals surface area contributed by atoms with Crippen molar-refractivity contribution in [1.29, 1.82) is 0 Å². The van der Waals surface area contributed by atoms with Gasteiger partial charge in [0.25, 0.3) is 0 Å². The second-order valence-electron chi connectivity index (χ2n) is 5.41. The molecular weight excluding hydrogens is 300 g/mol. The highest BCUT2D eigenvalue weighted by Crippen LogP contribution is 2.41. The molecule has 2 nitrogen and oxygen atoms in total. The number of anilines is 1. The molecule has 1 heterocycles. The van der Waals surface area contributed by atoms with Crippen molar-refractivity contribution in [2.75, 3.05) is 11.9 Å². The lowest BCUT2D eigenvalue weighted by molar-refractivity contribution is 0.976. The predicted octanol–water partition coefficient (Wildman–Crippen LogP) is 5.01. The third-order valence-electron chi connectivity index (χ3n) is 3.65. The van der Waals surface area contributed by atoms with Crippen molar-refractivity contribution in [2.24, 2.45) is 0 Å². The predicted molar refractivity (Wildman–Crippen MR) is 84.9 cm³/mol. The highest BCUT2D eigenvalue weighted by atomic mass is 79.9. The van der Waals surface area contributed by atoms with E-state index in [4.69, 9.17) is 4.98 Å². The van der Waals surface area contributed by atoms with Crippen molar-refractivity contribution >= 4 is 32.5 Å². The number of hydrogen-bond donors (Lipinski definition) is 1. The van der Waals surface area contributed by atoms with Crippen molar-refractivity contribution in [1.82, 2.24) is 4.98 Å². The monoisotopic (exact) mass is 318 g/mol. The van der Waals surface area contributed by atoms with E-state index in [1.807, 2.05) is 0 Å². The molecule has 3 rings (SSSR count). The van der Waals surface area contributed by atoms with E-state index in [-0.39, 0.29) is 0 Å². The Balaban J connectivity index is 2.17. The third-order valence-corrected chi connectivity index (χ3v) is 4.11. The van der Waals surface area contributed by atoms with Gasteiger partial charge in [-0.1, -0.05) is 22.9 Å². The van der Waals surface area contributed by atoms with Gasteiger partial charge in [-0.05, 0) is 49.9 Å². The molecule has 1 aliphatic rings. The van der Waals surface area contributed by atoms with Crippen LogP contribution < -0.4 is 5.32 Å². The minimum Gasteiger partial charge on any atom is -0.384 e. The summed E-state index contributed by atoms with van der Waals surface area (Å²) >= 11 is 3.59. The standard InChI is InChI=1S/C16H19BrN2/c1-3-6-18-15-9-14(11-4-5-11)19-16-10(2)7-12(17)8-13(15)16/h7-9,11H,3-6H2,1-2H3,(H,18,19). The van der Waals surface area contributed by atoms with Gasteiger partial charge in [-0.3, -0.25) is 4.98 Å². The summed E-state index contributed by atoms with van der Waals surface area (Å²) in [6.45, 7) is 5.34. The number of fused-ring (bicyclic) bond motifs is 1. The molecule has 0 spiro atoms. The summed E-state index contributed by atoms with van der Waals surface area (Å²) in [6.07, 6.45) is 3.72. The minimum absolute atomic E-state index is 0.689. The normalized spacial score (nSPS) is 14.9. The quantitative estimate of drug-likeness (QED) is 0.857. The first-order chi connectivity index (χ1) is 9.19. The van der Waals surface area contributed by atoms with Crippen LogP contribution in [0.25, 0.3) is 10.9 Å². The van der Waals surface area contributed by atoms with Crippen molar-refractivity contribution < 1.29 is 0 Å². The molecule has 1 saturated carbocycles. The van der Waals surface area contributed by atoms with E-state index >= 15 is 0 Å². The lowest BCUT2D eigenvalue weighted by atomic mass is 10.1. The van der Waals surface area contributed by atoms with Gasteiger partial charge in [-0.25, -0.2) is 0 Å². The highest BCUT2D eigenvalue weighted by Gasteiger charge is 2.26. The maximum Gasteiger partial charge on any atom is 0.0756 e. The molecule has 100 valence electrons. The van der Waals surface area contributed by atoms with Gasteiger partial charge in [0.15, 0.2) is 0 Å². The Bertz CT molecular complexity index is 618. The summed E-state index contributed by atoms with van der Waals surface area (Å²) in [7, 11) is 0. The van der Waals surface area contributed by atoms with Crippen molar-refractivity contribution in [3.63, 3.8) is 0 Å². The zero-order valence-corrected chi connectivity index (χ0v) is 13.0. The molecule has 3 heteroatoms. The van der Waals surface area contributed by atoms with Crippen LogP contribution in [0.15, 0.2) is 22.7 Å². The number of rotatable bonds is 4. The van der Waals surface area contributed by atoms with Gasteiger partial charge in [-0.2, -0.15) is 0 Å². The number of nitrogens with zero attached hydrogens (tertiary/aromatic N) is 1. The average Bonchev–Trinajstić information content (AvgIpc) is 3.20. The average molecular weight is 319 g/mol. The van der Waals surface area contributed by atoms with Crippen LogP contribution in [0.5, 0.6) is 0 Å². The maximum atomic E-state index is 4.89. The topological polar surface area (TPSA) is 24.9 Å². The third kappa shape index (κ3) is 2.62. The molecule has 1 aliphatic carbocycles. The van der Waals surface area contributed by atoms with E-state index in [9.17, 15) is 0 Å². The summed E-state index contributed by atoms with van der Waals surface area (Å²) in [6, 6.07) is 6.57. The number of aromatic nitrogens is 1. The molecular formula is C16H19BrN2. The molecule has 1 fully saturated rings. The van der Waals surface area contributed by atoms with Crippen molar-refractivity contribution in [3.05, 3.63) is 33.9 Å². The first-order valence-corrected chi connectivity index (χ1v) is 7.83. The Morgan fingerprint density at radius 2 is 2.11 bits per heavy atom. The molecule has 1 N–H and O–H groups in total. The molecule has 0 amide bonds. The second kappa shape index (κ2) is 5.12. The number of aryl methyl sites for hydroxylation is 1. The smallest absolute Gasteiger partial charge is 0.0756 e. The first-order valence-electron chi connectivity index (χ1n) is 7.03. The maximum absolute atomic E-state index is 4.89. The van der Waals surface area contributed by atoms with Crippen LogP contribution in [-0.2, 0) is 0 Å². The molecule has 0 atom stereocenters. The van der Waals surface area contributed by atoms with Crippen LogP contribution in [0, 0.1) is 6.92 Å². The summed E-state index contributed by atoms with van der Waals surface area (Å²) in [5.41, 5.74) is 4.88. The van der Waals surface area contributed by atoms with Gasteiger partial charge >= 0.3 is 0 Å². The minimum atomic E-state index is 0.689. The molecule has 1 aromatic carbocycles. The number of benzene rings is 1. The van der Waals surface area contributed by atoms with E-state index in [0.29, 0.717) is 5.92 Å². The molecule has 2 aromatic rings. The Labute approximate surface area is 122 Å². The molecule has 0 bridgehead atoms. The van der Waals surface area contributed by atoms with Crippen molar-refractivity contribution in [3.8, 4) is 0 Å². The van der Waals surface area contributed by atoms with Gasteiger partial charge < -0.3 is 5.32 Å². The van der Waals surface area contributed by atoms with E-state index in [1.54, 1.807) is 0 Å². The Morgan fingerprint density at radius 1 is 1.32 bits per heavy atom. The molecule has 19 heavy (non-hydrogen) atoms. The number of pyridine rings is 1. The molecule has 0 aliphatic heterocycles. The van der Waals surface area contributed by atoms with Crippen LogP contribution in [0.3, 0.4) is 0 Å². The summed E-state index contributed by atoms with van der Waals surface area (Å²) in [5.74, 6) is 0.689. The second-order valence-corrected chi connectivity index (χ2v) is 6.33. The number of hydrogen-bond acceptors (Lipinski definition) is 2. The fourth-order valence-electron chi connectivity index (χ4n) is 2.47. The van der Waals surface area contributed by atoms with Crippen LogP contribution in [0.1, 0.15) is 43.4 Å². The van der Waals surface area contributed by atoms with Crippen LogP contribution in [0.2, 0.25) is 0 Å². The van der Waals surface area contributed by atoms with E-state index < -0.39 is 0 Å². The van der Waals surface area contributed by atoms with Crippen LogP contribution in [-0.4, -0.2) is 11.5 Å². The number of nitrogens with one attached hydrogen (secondary N) is 1. The molecule has 1 aromatic heterocycles. The molecule has 0 unspecified atom stereocenters. The van der Waals surface area contributed by atoms with Gasteiger partial charge in [0.1, 0.15) is 0 Å². The first kappa shape index (κ1) is 12.9. The molecule has 0 radical (unpaired) electrons. The largest absolute Gasteiger partial charge is 0.384 e. The fourth-order valence-corrected chi connectivity index (χ4v) is 3.04. The zero-order chi connectivity index (χ0) is 13.4. The lowest BCUT2D eigenvalue weighted by Gasteiger charge is -2.13. The lowest BCUT2D eigenvalue weighted by Crippen LogP contribution is -2.03. The van der Waals surface area contributed by atoms with E-state index in [2.05, 4.69) is 53.3 Å². The zero-order valence-electron chi connectivity index (χ0n) is 11.5. The van der Waals surface area contributed by atoms with Gasteiger partial charge in [0, 0.05) is 33.7 Å². The van der Waals surface area contributed by atoms with Crippen LogP contribution >= 0.6 is 15.9 Å². The Morgan fingerprint density at radius 3 is 2.79 bits per heavy atom. The summed E-state index contributed by atoms with van der Waals surface area (Å²) in [5, 5.41) is 4.78. The van der Waals surface area contributed by atoms with Crippen LogP contribution in [0.4, 0.5) is 5.69 Å². The van der Waals surface area contributed by atoms with Gasteiger partial charge in [0.2, 0.25) is 0 Å². The van der Waals surface area contributed by atoms with Crippen molar-refractivity contribution in [2.45, 2.75) is 39.0 Å². The fraction of sp³-hybridized carbons (Fsp3) is 0.438. The Hall–Kier alpha value is -1.09. The van der Waals surface area contributed by atoms with E-state index in [1.165, 1.54) is 35.2 Å². The molecule has 0 saturated heterocycles. The van der Waals surface area contributed by atoms with Gasteiger partial charge in [0.05, 0.1) is 5.52 Å². The van der Waals surface area contributed by atoms with Gasteiger partial charge in [-0.15, -0.1) is 0 Å². The summed E-state index contributed by atoms with van der Waals surface area (Å²) < 4.78 is 1.12.